The normalized spacial score (nSPS) is 10.8. The molecule has 1 aromatic heterocycles. The van der Waals surface area contributed by atoms with Crippen molar-refractivity contribution in [2.24, 2.45) is 0 Å². The van der Waals surface area contributed by atoms with Crippen LogP contribution in [-0.2, 0) is 0 Å². The van der Waals surface area contributed by atoms with Crippen molar-refractivity contribution in [2.75, 3.05) is 5.73 Å². The first-order valence-corrected chi connectivity index (χ1v) is 4.56. The lowest BCUT2D eigenvalue weighted by Gasteiger charge is -1.99. The van der Waals surface area contributed by atoms with E-state index >= 15 is 0 Å². The maximum atomic E-state index is 13.0. The molecule has 0 aliphatic rings. The number of halogens is 2. The molecule has 0 aliphatic heterocycles. The summed E-state index contributed by atoms with van der Waals surface area (Å²) in [6, 6.07) is 3.02. The molecule has 62 valence electrons. The minimum Gasteiger partial charge on any atom is -0.397 e. The first-order chi connectivity index (χ1) is 5.70. The topological polar surface area (TPSA) is 26.0 Å². The number of nitrogens with two attached hydrogens (primary N) is 1. The molecule has 0 fully saturated rings. The lowest BCUT2D eigenvalue weighted by atomic mass is 10.2. The number of benzene rings is 1. The van der Waals surface area contributed by atoms with Crippen LogP contribution >= 0.6 is 22.9 Å². The van der Waals surface area contributed by atoms with Crippen LogP contribution in [0.2, 0.25) is 5.02 Å². The summed E-state index contributed by atoms with van der Waals surface area (Å²) in [4.78, 5) is 0. The summed E-state index contributed by atoms with van der Waals surface area (Å²) in [6.45, 7) is 0. The van der Waals surface area contributed by atoms with Gasteiger partial charge < -0.3 is 5.73 Å². The molecule has 0 unspecified atom stereocenters. The van der Waals surface area contributed by atoms with Gasteiger partial charge in [0.2, 0.25) is 0 Å². The van der Waals surface area contributed by atoms with Crippen molar-refractivity contribution >= 4 is 38.7 Å². The van der Waals surface area contributed by atoms with Gasteiger partial charge in [0.25, 0.3) is 0 Å². The molecule has 0 saturated heterocycles. The Hall–Kier alpha value is -0.800. The summed E-state index contributed by atoms with van der Waals surface area (Å²) in [6.07, 6.45) is 0. The first-order valence-electron chi connectivity index (χ1n) is 3.31. The van der Waals surface area contributed by atoms with Crippen LogP contribution in [0.25, 0.3) is 10.1 Å². The van der Waals surface area contributed by atoms with Crippen LogP contribution in [0.15, 0.2) is 17.5 Å². The van der Waals surface area contributed by atoms with Crippen molar-refractivity contribution in [3.8, 4) is 0 Å². The van der Waals surface area contributed by atoms with Gasteiger partial charge in [0.05, 0.1) is 15.4 Å². The molecular formula is C8H5ClFNS. The van der Waals surface area contributed by atoms with Crippen LogP contribution < -0.4 is 5.73 Å². The number of hydrogen-bond acceptors (Lipinski definition) is 2. The third-order valence-electron chi connectivity index (χ3n) is 1.66. The molecule has 0 aliphatic carbocycles. The SMILES string of the molecule is Nc1cc(F)c(Cl)c2ccsc12. The Kier molecular flexibility index (Phi) is 1.70. The van der Waals surface area contributed by atoms with Crippen molar-refractivity contribution in [3.63, 3.8) is 0 Å². The summed E-state index contributed by atoms with van der Waals surface area (Å²) < 4.78 is 13.8. The fraction of sp³-hybridized carbons (Fsp3) is 0. The van der Waals surface area contributed by atoms with Gasteiger partial charge in [0.1, 0.15) is 5.82 Å². The van der Waals surface area contributed by atoms with Crippen molar-refractivity contribution in [3.05, 3.63) is 28.4 Å². The number of anilines is 1. The summed E-state index contributed by atoms with van der Waals surface area (Å²) in [7, 11) is 0. The molecule has 0 saturated carbocycles. The van der Waals surface area contributed by atoms with Gasteiger partial charge in [-0.25, -0.2) is 4.39 Å². The second-order valence-electron chi connectivity index (χ2n) is 2.42. The van der Waals surface area contributed by atoms with Gasteiger partial charge in [-0.3, -0.25) is 0 Å². The average Bonchev–Trinajstić information content (AvgIpc) is 2.48. The quantitative estimate of drug-likeness (QED) is 0.651. The average molecular weight is 202 g/mol. The minimum absolute atomic E-state index is 0.153. The number of rotatable bonds is 0. The van der Waals surface area contributed by atoms with Crippen molar-refractivity contribution in [1.29, 1.82) is 0 Å². The summed E-state index contributed by atoms with van der Waals surface area (Å²) in [5.41, 5.74) is 6.03. The Morgan fingerprint density at radius 2 is 2.25 bits per heavy atom. The van der Waals surface area contributed by atoms with E-state index in [1.165, 1.54) is 17.4 Å². The fourth-order valence-corrected chi connectivity index (χ4v) is 2.20. The van der Waals surface area contributed by atoms with E-state index in [1.807, 2.05) is 5.38 Å². The molecule has 2 N–H and O–H groups in total. The lowest BCUT2D eigenvalue weighted by molar-refractivity contribution is 0.631. The zero-order valence-corrected chi connectivity index (χ0v) is 7.55. The third kappa shape index (κ3) is 0.974. The molecule has 1 heterocycles. The molecule has 0 spiro atoms. The van der Waals surface area contributed by atoms with Gasteiger partial charge in [0, 0.05) is 5.39 Å². The Labute approximate surface area is 77.6 Å². The van der Waals surface area contributed by atoms with Crippen LogP contribution in [0.3, 0.4) is 0 Å². The molecule has 4 heteroatoms. The van der Waals surface area contributed by atoms with Crippen LogP contribution in [0.4, 0.5) is 10.1 Å². The van der Waals surface area contributed by atoms with Gasteiger partial charge in [-0.2, -0.15) is 0 Å². The standard InChI is InChI=1S/C8H5ClFNS/c9-7-4-1-2-12-8(4)6(11)3-5(7)10/h1-3H,11H2. The summed E-state index contributed by atoms with van der Waals surface area (Å²) in [5, 5.41) is 2.69. The zero-order chi connectivity index (χ0) is 8.72. The molecule has 0 radical (unpaired) electrons. The first kappa shape index (κ1) is 7.83. The van der Waals surface area contributed by atoms with Crippen molar-refractivity contribution < 1.29 is 4.39 Å². The molecule has 12 heavy (non-hydrogen) atoms. The zero-order valence-electron chi connectivity index (χ0n) is 5.97. The number of hydrogen-bond donors (Lipinski definition) is 1. The van der Waals surface area contributed by atoms with E-state index in [1.54, 1.807) is 6.07 Å². The second-order valence-corrected chi connectivity index (χ2v) is 3.72. The number of fused-ring (bicyclic) bond motifs is 1. The van der Waals surface area contributed by atoms with Gasteiger partial charge in [-0.1, -0.05) is 11.6 Å². The van der Waals surface area contributed by atoms with Gasteiger partial charge in [-0.05, 0) is 17.5 Å². The van der Waals surface area contributed by atoms with E-state index in [0.29, 0.717) is 11.1 Å². The smallest absolute Gasteiger partial charge is 0.144 e. The minimum atomic E-state index is -0.458. The molecule has 0 amide bonds. The largest absolute Gasteiger partial charge is 0.397 e. The molecule has 2 rings (SSSR count). The predicted octanol–water partition coefficient (Wildman–Crippen LogP) is 3.28. The molecule has 0 atom stereocenters. The van der Waals surface area contributed by atoms with Crippen molar-refractivity contribution in [2.45, 2.75) is 0 Å². The second kappa shape index (κ2) is 2.61. The molecule has 0 bridgehead atoms. The van der Waals surface area contributed by atoms with E-state index in [0.717, 1.165) is 4.70 Å². The fourth-order valence-electron chi connectivity index (χ4n) is 1.10. The molecular weight excluding hydrogens is 197 g/mol. The lowest BCUT2D eigenvalue weighted by Crippen LogP contribution is -1.87. The van der Waals surface area contributed by atoms with Gasteiger partial charge >= 0.3 is 0 Å². The van der Waals surface area contributed by atoms with E-state index in [2.05, 4.69) is 0 Å². The van der Waals surface area contributed by atoms with Crippen LogP contribution in [0, 0.1) is 5.82 Å². The Balaban J connectivity index is 2.97. The van der Waals surface area contributed by atoms with Crippen LogP contribution in [0.5, 0.6) is 0 Å². The van der Waals surface area contributed by atoms with Crippen molar-refractivity contribution in [1.82, 2.24) is 0 Å². The highest BCUT2D eigenvalue weighted by atomic mass is 35.5. The Morgan fingerprint density at radius 3 is 3.00 bits per heavy atom. The van der Waals surface area contributed by atoms with Gasteiger partial charge in [-0.15, -0.1) is 11.3 Å². The predicted molar refractivity (Wildman–Crippen MR) is 51.2 cm³/mol. The number of nitrogen functional groups attached to an aromatic ring is 1. The summed E-state index contributed by atoms with van der Waals surface area (Å²) >= 11 is 7.18. The van der Waals surface area contributed by atoms with E-state index < -0.39 is 5.82 Å². The Bertz CT molecular complexity index is 438. The van der Waals surface area contributed by atoms with E-state index in [4.69, 9.17) is 17.3 Å². The van der Waals surface area contributed by atoms with Crippen LogP contribution in [0.1, 0.15) is 0 Å². The maximum Gasteiger partial charge on any atom is 0.144 e. The van der Waals surface area contributed by atoms with Crippen LogP contribution in [-0.4, -0.2) is 0 Å². The maximum absolute atomic E-state index is 13.0. The molecule has 1 nitrogen and oxygen atoms in total. The Morgan fingerprint density at radius 1 is 1.50 bits per heavy atom. The summed E-state index contributed by atoms with van der Waals surface area (Å²) in [5.74, 6) is -0.458. The molecule has 2 aromatic rings. The number of thiophene rings is 1. The third-order valence-corrected chi connectivity index (χ3v) is 3.00. The highest BCUT2D eigenvalue weighted by Gasteiger charge is 2.08. The van der Waals surface area contributed by atoms with E-state index in [9.17, 15) is 4.39 Å². The highest BCUT2D eigenvalue weighted by Crippen LogP contribution is 2.34. The van der Waals surface area contributed by atoms with Gasteiger partial charge in [0.15, 0.2) is 0 Å². The highest BCUT2D eigenvalue weighted by molar-refractivity contribution is 7.18. The van der Waals surface area contributed by atoms with E-state index in [-0.39, 0.29) is 5.02 Å². The molecule has 1 aromatic carbocycles. The monoisotopic (exact) mass is 201 g/mol.